The summed E-state index contributed by atoms with van der Waals surface area (Å²) in [5, 5.41) is 0. The molecule has 26 heavy (non-hydrogen) atoms. The molecule has 1 atom stereocenters. The van der Waals surface area contributed by atoms with E-state index in [2.05, 4.69) is 108 Å². The van der Waals surface area contributed by atoms with Crippen LogP contribution in [-0.4, -0.2) is 0 Å². The van der Waals surface area contributed by atoms with Gasteiger partial charge in [0.05, 0.1) is 5.41 Å². The van der Waals surface area contributed by atoms with E-state index >= 15 is 0 Å². The molecule has 1 aliphatic rings. The molecule has 0 aliphatic heterocycles. The van der Waals surface area contributed by atoms with E-state index in [0.29, 0.717) is 0 Å². The highest BCUT2D eigenvalue weighted by atomic mass is 14.5. The van der Waals surface area contributed by atoms with E-state index in [1.807, 2.05) is 12.2 Å². The second-order valence-corrected chi connectivity index (χ2v) is 6.65. The summed E-state index contributed by atoms with van der Waals surface area (Å²) < 4.78 is 0. The van der Waals surface area contributed by atoms with Crippen LogP contribution in [0.3, 0.4) is 0 Å². The van der Waals surface area contributed by atoms with Gasteiger partial charge in [-0.2, -0.15) is 0 Å². The van der Waals surface area contributed by atoms with Crippen LogP contribution in [0.4, 0.5) is 0 Å². The molecule has 0 N–H and O–H groups in total. The largest absolute Gasteiger partial charge is 0.0991 e. The van der Waals surface area contributed by atoms with Gasteiger partial charge in [0.1, 0.15) is 0 Å². The lowest BCUT2D eigenvalue weighted by Gasteiger charge is -2.36. The molecule has 0 amide bonds. The van der Waals surface area contributed by atoms with Crippen LogP contribution in [0.1, 0.15) is 40.2 Å². The van der Waals surface area contributed by atoms with Gasteiger partial charge in [-0.05, 0) is 62.5 Å². The standard InChI is InChI=1S/C26H30/c1-7-10-16-23(15-9-3)26(24-17-13-12-14-18-24)22(6)20(4)21(5)25(26)19-11-8-2/h7-19H,2H2,1,3-6H3/b10-7-,15-9-,19-11-,23-16+. The second kappa shape index (κ2) is 8.67. The summed E-state index contributed by atoms with van der Waals surface area (Å²) >= 11 is 0. The normalized spacial score (nSPS) is 21.8. The molecule has 0 fully saturated rings. The molecule has 0 spiro atoms. The summed E-state index contributed by atoms with van der Waals surface area (Å²) in [6, 6.07) is 10.8. The molecule has 1 unspecified atom stereocenters. The molecule has 134 valence electrons. The molecule has 1 aromatic rings. The average Bonchev–Trinajstić information content (AvgIpc) is 2.85. The van der Waals surface area contributed by atoms with E-state index in [9.17, 15) is 0 Å². The predicted molar refractivity (Wildman–Crippen MR) is 116 cm³/mol. The fourth-order valence-corrected chi connectivity index (χ4v) is 3.95. The highest BCUT2D eigenvalue weighted by Gasteiger charge is 2.44. The van der Waals surface area contributed by atoms with Gasteiger partial charge in [0.25, 0.3) is 0 Å². The monoisotopic (exact) mass is 342 g/mol. The van der Waals surface area contributed by atoms with Crippen molar-refractivity contribution in [3.05, 3.63) is 119 Å². The summed E-state index contributed by atoms with van der Waals surface area (Å²) in [6.45, 7) is 14.8. The Hall–Kier alpha value is -2.60. The van der Waals surface area contributed by atoms with E-state index in [1.165, 1.54) is 33.4 Å². The number of allylic oxidation sites excluding steroid dienone is 13. The SMILES string of the molecule is C=C/C=C\C1=C(C)C(C)=C(C)C1(C(/C=C\C)=C/C=C\C)c1ccccc1. The Labute approximate surface area is 159 Å². The molecule has 0 heteroatoms. The minimum Gasteiger partial charge on any atom is -0.0991 e. The predicted octanol–water partition coefficient (Wildman–Crippen LogP) is 7.41. The highest BCUT2D eigenvalue weighted by molar-refractivity contribution is 5.70. The van der Waals surface area contributed by atoms with Crippen molar-refractivity contribution in [2.75, 3.05) is 0 Å². The van der Waals surface area contributed by atoms with Crippen LogP contribution < -0.4 is 0 Å². The number of benzene rings is 1. The molecule has 0 nitrogen and oxygen atoms in total. The maximum absolute atomic E-state index is 3.87. The van der Waals surface area contributed by atoms with Crippen molar-refractivity contribution in [2.24, 2.45) is 0 Å². The van der Waals surface area contributed by atoms with Crippen molar-refractivity contribution < 1.29 is 0 Å². The summed E-state index contributed by atoms with van der Waals surface area (Å²) in [5.74, 6) is 0. The van der Waals surface area contributed by atoms with Crippen LogP contribution in [-0.2, 0) is 5.41 Å². The minimum absolute atomic E-state index is 0.277. The Bertz CT molecular complexity index is 835. The van der Waals surface area contributed by atoms with Crippen LogP contribution in [0.25, 0.3) is 0 Å². The third-order valence-electron chi connectivity index (χ3n) is 5.35. The van der Waals surface area contributed by atoms with E-state index in [4.69, 9.17) is 0 Å². The summed E-state index contributed by atoms with van der Waals surface area (Å²) in [6.07, 6.45) is 16.9. The topological polar surface area (TPSA) is 0 Å². The van der Waals surface area contributed by atoms with Crippen molar-refractivity contribution in [1.29, 1.82) is 0 Å². The molecule has 1 aromatic carbocycles. The van der Waals surface area contributed by atoms with Crippen LogP contribution in [0.5, 0.6) is 0 Å². The van der Waals surface area contributed by atoms with Crippen molar-refractivity contribution in [3.8, 4) is 0 Å². The Morgan fingerprint density at radius 1 is 0.923 bits per heavy atom. The first-order valence-electron chi connectivity index (χ1n) is 9.26. The van der Waals surface area contributed by atoms with E-state index in [1.54, 1.807) is 0 Å². The van der Waals surface area contributed by atoms with Crippen LogP contribution >= 0.6 is 0 Å². The number of hydrogen-bond donors (Lipinski definition) is 0. The molecule has 0 aromatic heterocycles. The molecular formula is C26H30. The smallest absolute Gasteiger partial charge is 0.0667 e. The lowest BCUT2D eigenvalue weighted by Crippen LogP contribution is -2.30. The van der Waals surface area contributed by atoms with Crippen LogP contribution in [0.15, 0.2) is 113 Å². The van der Waals surface area contributed by atoms with Gasteiger partial charge in [-0.15, -0.1) is 0 Å². The first-order valence-corrected chi connectivity index (χ1v) is 9.26. The molecular weight excluding hydrogens is 312 g/mol. The zero-order chi connectivity index (χ0) is 19.2. The quantitative estimate of drug-likeness (QED) is 0.472. The second-order valence-electron chi connectivity index (χ2n) is 6.65. The average molecular weight is 343 g/mol. The molecule has 0 heterocycles. The van der Waals surface area contributed by atoms with Gasteiger partial charge in [0, 0.05) is 0 Å². The molecule has 0 saturated carbocycles. The molecule has 0 radical (unpaired) electrons. The number of rotatable bonds is 6. The van der Waals surface area contributed by atoms with Gasteiger partial charge >= 0.3 is 0 Å². The zero-order valence-electron chi connectivity index (χ0n) is 16.7. The van der Waals surface area contributed by atoms with Gasteiger partial charge in [0.15, 0.2) is 0 Å². The summed E-state index contributed by atoms with van der Waals surface area (Å²) in [4.78, 5) is 0. The third kappa shape index (κ3) is 3.24. The lowest BCUT2D eigenvalue weighted by molar-refractivity contribution is 0.732. The molecule has 2 rings (SSSR count). The summed E-state index contributed by atoms with van der Waals surface area (Å²) in [5.41, 5.74) is 7.73. The molecule has 0 saturated heterocycles. The number of hydrogen-bond acceptors (Lipinski definition) is 0. The van der Waals surface area contributed by atoms with Gasteiger partial charge < -0.3 is 0 Å². The van der Waals surface area contributed by atoms with Gasteiger partial charge in [-0.1, -0.05) is 91.1 Å². The fourth-order valence-electron chi connectivity index (χ4n) is 3.95. The van der Waals surface area contributed by atoms with Crippen molar-refractivity contribution in [3.63, 3.8) is 0 Å². The van der Waals surface area contributed by atoms with Gasteiger partial charge in [0.2, 0.25) is 0 Å². The minimum atomic E-state index is -0.277. The first-order chi connectivity index (χ1) is 12.5. The maximum atomic E-state index is 3.87. The van der Waals surface area contributed by atoms with E-state index in [-0.39, 0.29) is 5.41 Å². The third-order valence-corrected chi connectivity index (χ3v) is 5.35. The van der Waals surface area contributed by atoms with Crippen molar-refractivity contribution >= 4 is 0 Å². The fraction of sp³-hybridized carbons (Fsp3) is 0.231. The van der Waals surface area contributed by atoms with E-state index < -0.39 is 0 Å². The van der Waals surface area contributed by atoms with Gasteiger partial charge in [-0.3, -0.25) is 0 Å². The Balaban J connectivity index is 2.97. The van der Waals surface area contributed by atoms with Crippen LogP contribution in [0, 0.1) is 0 Å². The van der Waals surface area contributed by atoms with Crippen molar-refractivity contribution in [1.82, 2.24) is 0 Å². The maximum Gasteiger partial charge on any atom is 0.0667 e. The first kappa shape index (κ1) is 19.7. The molecule has 0 bridgehead atoms. The Kier molecular flexibility index (Phi) is 6.58. The Morgan fingerprint density at radius 3 is 2.19 bits per heavy atom. The van der Waals surface area contributed by atoms with Crippen LogP contribution in [0.2, 0.25) is 0 Å². The van der Waals surface area contributed by atoms with Crippen molar-refractivity contribution in [2.45, 2.75) is 40.0 Å². The Morgan fingerprint density at radius 2 is 1.62 bits per heavy atom. The molecule has 1 aliphatic carbocycles. The zero-order valence-corrected chi connectivity index (χ0v) is 16.7. The van der Waals surface area contributed by atoms with Gasteiger partial charge in [-0.25, -0.2) is 0 Å². The highest BCUT2D eigenvalue weighted by Crippen LogP contribution is 2.54. The lowest BCUT2D eigenvalue weighted by atomic mass is 9.65. The summed E-state index contributed by atoms with van der Waals surface area (Å²) in [7, 11) is 0. The van der Waals surface area contributed by atoms with E-state index in [0.717, 1.165) is 0 Å².